The van der Waals surface area contributed by atoms with Crippen LogP contribution in [-0.2, 0) is 0 Å². The molecule has 3 heteroatoms. The Balaban J connectivity index is 2.02. The van der Waals surface area contributed by atoms with Crippen LogP contribution in [0, 0.1) is 13.8 Å². The first kappa shape index (κ1) is 12.1. The van der Waals surface area contributed by atoms with E-state index in [2.05, 4.69) is 32.2 Å². The molecule has 2 nitrogen and oxygen atoms in total. The van der Waals surface area contributed by atoms with Crippen molar-refractivity contribution in [1.29, 1.82) is 0 Å². The Bertz CT molecular complexity index is 361. The van der Waals surface area contributed by atoms with Gasteiger partial charge in [-0.05, 0) is 51.7 Å². The Morgan fingerprint density at radius 1 is 1.44 bits per heavy atom. The maximum Gasteiger partial charge on any atom is 0.0693 e. The molecule has 90 valence electrons. The highest BCUT2D eigenvalue weighted by Gasteiger charge is 2.26. The smallest absolute Gasteiger partial charge is 0.0693 e. The van der Waals surface area contributed by atoms with Crippen molar-refractivity contribution in [2.45, 2.75) is 58.2 Å². The molecule has 0 radical (unpaired) electrons. The molecule has 1 aromatic heterocycles. The molecule has 16 heavy (non-hydrogen) atoms. The number of aliphatic hydroxyl groups excluding tert-OH is 1. The van der Waals surface area contributed by atoms with E-state index in [0.29, 0.717) is 6.04 Å². The summed E-state index contributed by atoms with van der Waals surface area (Å²) in [6.07, 6.45) is 3.05. The van der Waals surface area contributed by atoms with Gasteiger partial charge in [-0.2, -0.15) is 0 Å². The summed E-state index contributed by atoms with van der Waals surface area (Å²) >= 11 is 1.85. The Labute approximate surface area is 102 Å². The van der Waals surface area contributed by atoms with Crippen LogP contribution in [0.4, 0.5) is 0 Å². The molecule has 0 saturated heterocycles. The maximum absolute atomic E-state index is 9.80. The fourth-order valence-electron chi connectivity index (χ4n) is 2.63. The molecule has 1 heterocycles. The molecular formula is C13H21NOS. The second-order valence-electron chi connectivity index (χ2n) is 4.86. The number of aryl methyl sites for hydroxylation is 2. The minimum atomic E-state index is -0.150. The van der Waals surface area contributed by atoms with Crippen LogP contribution in [0.2, 0.25) is 0 Å². The zero-order chi connectivity index (χ0) is 11.7. The van der Waals surface area contributed by atoms with Crippen molar-refractivity contribution >= 4 is 11.3 Å². The molecule has 1 saturated carbocycles. The molecule has 1 fully saturated rings. The van der Waals surface area contributed by atoms with Gasteiger partial charge in [0.2, 0.25) is 0 Å². The molecule has 0 aliphatic heterocycles. The van der Waals surface area contributed by atoms with Crippen molar-refractivity contribution in [1.82, 2.24) is 5.32 Å². The Kier molecular flexibility index (Phi) is 3.67. The van der Waals surface area contributed by atoms with Gasteiger partial charge in [0.25, 0.3) is 0 Å². The van der Waals surface area contributed by atoms with Crippen molar-refractivity contribution in [3.63, 3.8) is 0 Å². The van der Waals surface area contributed by atoms with Crippen molar-refractivity contribution in [2.24, 2.45) is 0 Å². The lowest BCUT2D eigenvalue weighted by Crippen LogP contribution is -2.37. The Morgan fingerprint density at radius 2 is 2.19 bits per heavy atom. The zero-order valence-electron chi connectivity index (χ0n) is 10.3. The van der Waals surface area contributed by atoms with E-state index in [1.807, 2.05) is 11.3 Å². The summed E-state index contributed by atoms with van der Waals surface area (Å²) in [7, 11) is 0. The van der Waals surface area contributed by atoms with Crippen LogP contribution >= 0.6 is 11.3 Å². The first-order chi connectivity index (χ1) is 7.58. The number of thiophene rings is 1. The number of hydrogen-bond donors (Lipinski definition) is 2. The molecule has 0 bridgehead atoms. The highest BCUT2D eigenvalue weighted by atomic mass is 32.1. The van der Waals surface area contributed by atoms with Crippen molar-refractivity contribution in [3.8, 4) is 0 Å². The van der Waals surface area contributed by atoms with Gasteiger partial charge < -0.3 is 10.4 Å². The molecule has 0 aromatic carbocycles. The minimum Gasteiger partial charge on any atom is -0.392 e. The second kappa shape index (κ2) is 4.86. The van der Waals surface area contributed by atoms with Crippen LogP contribution in [0.1, 0.15) is 47.5 Å². The van der Waals surface area contributed by atoms with E-state index in [0.717, 1.165) is 19.3 Å². The van der Waals surface area contributed by atoms with Crippen LogP contribution in [0.3, 0.4) is 0 Å². The molecule has 2 N–H and O–H groups in total. The molecular weight excluding hydrogens is 218 g/mol. The highest BCUT2D eigenvalue weighted by Crippen LogP contribution is 2.28. The molecule has 0 spiro atoms. The van der Waals surface area contributed by atoms with E-state index >= 15 is 0 Å². The average Bonchev–Trinajstić information content (AvgIpc) is 2.74. The van der Waals surface area contributed by atoms with Crippen LogP contribution in [-0.4, -0.2) is 17.3 Å². The standard InChI is InChI=1S/C13H21NOS/c1-8-7-11(10(3)16-8)9(2)14-12-5-4-6-13(12)15/h7,9,12-15H,4-6H2,1-3H3. The lowest BCUT2D eigenvalue weighted by molar-refractivity contribution is 0.144. The molecule has 3 atom stereocenters. The maximum atomic E-state index is 9.80. The third-order valence-corrected chi connectivity index (χ3v) is 4.47. The van der Waals surface area contributed by atoms with Crippen LogP contribution in [0.5, 0.6) is 0 Å². The van der Waals surface area contributed by atoms with Gasteiger partial charge in [0.1, 0.15) is 0 Å². The summed E-state index contributed by atoms with van der Waals surface area (Å²) in [4.78, 5) is 2.76. The van der Waals surface area contributed by atoms with Gasteiger partial charge >= 0.3 is 0 Å². The highest BCUT2D eigenvalue weighted by molar-refractivity contribution is 7.12. The molecule has 0 amide bonds. The van der Waals surface area contributed by atoms with Gasteiger partial charge in [0, 0.05) is 21.8 Å². The number of nitrogens with one attached hydrogen (secondary N) is 1. The molecule has 1 aliphatic rings. The van der Waals surface area contributed by atoms with E-state index in [1.54, 1.807) is 0 Å². The van der Waals surface area contributed by atoms with Crippen molar-refractivity contribution in [2.75, 3.05) is 0 Å². The van der Waals surface area contributed by atoms with Gasteiger partial charge in [-0.15, -0.1) is 11.3 Å². The summed E-state index contributed by atoms with van der Waals surface area (Å²) < 4.78 is 0. The fraction of sp³-hybridized carbons (Fsp3) is 0.692. The summed E-state index contributed by atoms with van der Waals surface area (Å²) in [6, 6.07) is 2.90. The summed E-state index contributed by atoms with van der Waals surface area (Å²) in [5.41, 5.74) is 1.39. The quantitative estimate of drug-likeness (QED) is 0.850. The van der Waals surface area contributed by atoms with Crippen LogP contribution in [0.25, 0.3) is 0 Å². The SMILES string of the molecule is Cc1cc(C(C)NC2CCCC2O)c(C)s1. The number of aliphatic hydroxyl groups is 1. The summed E-state index contributed by atoms with van der Waals surface area (Å²) in [5.74, 6) is 0. The van der Waals surface area contributed by atoms with Crippen molar-refractivity contribution in [3.05, 3.63) is 21.4 Å². The van der Waals surface area contributed by atoms with Gasteiger partial charge in [-0.25, -0.2) is 0 Å². The van der Waals surface area contributed by atoms with E-state index in [9.17, 15) is 5.11 Å². The largest absolute Gasteiger partial charge is 0.392 e. The normalized spacial score (nSPS) is 27.2. The van der Waals surface area contributed by atoms with Crippen LogP contribution < -0.4 is 5.32 Å². The van der Waals surface area contributed by atoms with Gasteiger partial charge in [-0.3, -0.25) is 0 Å². The van der Waals surface area contributed by atoms with Gasteiger partial charge in [0.05, 0.1) is 6.10 Å². The summed E-state index contributed by atoms with van der Waals surface area (Å²) in [5, 5.41) is 13.4. The second-order valence-corrected chi connectivity index (χ2v) is 6.32. The van der Waals surface area contributed by atoms with Gasteiger partial charge in [-0.1, -0.05) is 0 Å². The molecule has 1 aliphatic carbocycles. The first-order valence-corrected chi connectivity index (χ1v) is 6.90. The first-order valence-electron chi connectivity index (χ1n) is 6.09. The average molecular weight is 239 g/mol. The lowest BCUT2D eigenvalue weighted by Gasteiger charge is -2.22. The fourth-order valence-corrected chi connectivity index (χ4v) is 3.65. The van der Waals surface area contributed by atoms with E-state index in [1.165, 1.54) is 15.3 Å². The van der Waals surface area contributed by atoms with Crippen LogP contribution in [0.15, 0.2) is 6.07 Å². The molecule has 2 rings (SSSR count). The number of hydrogen-bond acceptors (Lipinski definition) is 3. The van der Waals surface area contributed by atoms with Crippen molar-refractivity contribution < 1.29 is 5.11 Å². The third kappa shape index (κ3) is 2.47. The monoisotopic (exact) mass is 239 g/mol. The predicted molar refractivity (Wildman–Crippen MR) is 69.0 cm³/mol. The van der Waals surface area contributed by atoms with E-state index in [4.69, 9.17) is 0 Å². The topological polar surface area (TPSA) is 32.3 Å². The minimum absolute atomic E-state index is 0.150. The molecule has 3 unspecified atom stereocenters. The zero-order valence-corrected chi connectivity index (χ0v) is 11.1. The predicted octanol–water partition coefficient (Wildman–Crippen LogP) is 2.93. The lowest BCUT2D eigenvalue weighted by atomic mass is 10.1. The van der Waals surface area contributed by atoms with E-state index < -0.39 is 0 Å². The van der Waals surface area contributed by atoms with E-state index in [-0.39, 0.29) is 12.1 Å². The third-order valence-electron chi connectivity index (χ3n) is 3.49. The van der Waals surface area contributed by atoms with Gasteiger partial charge in [0.15, 0.2) is 0 Å². The Hall–Kier alpha value is -0.380. The number of rotatable bonds is 3. The summed E-state index contributed by atoms with van der Waals surface area (Å²) in [6.45, 7) is 6.52. The molecule has 1 aromatic rings. The Morgan fingerprint density at radius 3 is 2.69 bits per heavy atom.